The number of piperidine rings is 1. The summed E-state index contributed by atoms with van der Waals surface area (Å²) < 4.78 is 5.33. The highest BCUT2D eigenvalue weighted by molar-refractivity contribution is 8.00. The Bertz CT molecular complexity index is 491. The monoisotopic (exact) mass is 305 g/mol. The molecule has 0 N–H and O–H groups in total. The molecule has 2 aliphatic heterocycles. The zero-order chi connectivity index (χ0) is 14.7. The summed E-state index contributed by atoms with van der Waals surface area (Å²) in [7, 11) is 0. The number of hydrogen-bond acceptors (Lipinski definition) is 3. The summed E-state index contributed by atoms with van der Waals surface area (Å²) in [5.41, 5.74) is 1.35. The standard InChI is InChI=1S/C17H23NO2S/c1-13-4-2-3-5-16(13)21-15-6-9-18(10-7-15)17(19)14-8-11-20-12-14/h2-5,14-15H,6-12H2,1H3. The fourth-order valence-corrected chi connectivity index (χ4v) is 4.27. The Labute approximate surface area is 131 Å². The maximum atomic E-state index is 12.4. The number of ether oxygens (including phenoxy) is 1. The topological polar surface area (TPSA) is 29.5 Å². The number of thioether (sulfide) groups is 1. The van der Waals surface area contributed by atoms with Crippen molar-refractivity contribution in [2.45, 2.75) is 36.3 Å². The van der Waals surface area contributed by atoms with Crippen molar-refractivity contribution in [1.82, 2.24) is 4.90 Å². The molecule has 2 heterocycles. The van der Waals surface area contributed by atoms with E-state index >= 15 is 0 Å². The van der Waals surface area contributed by atoms with Crippen LogP contribution >= 0.6 is 11.8 Å². The van der Waals surface area contributed by atoms with Crippen LogP contribution in [0.25, 0.3) is 0 Å². The van der Waals surface area contributed by atoms with Gasteiger partial charge in [-0.25, -0.2) is 0 Å². The van der Waals surface area contributed by atoms with E-state index in [0.717, 1.165) is 39.0 Å². The van der Waals surface area contributed by atoms with Gasteiger partial charge in [-0.05, 0) is 37.8 Å². The number of nitrogens with zero attached hydrogens (tertiary/aromatic N) is 1. The van der Waals surface area contributed by atoms with Crippen molar-refractivity contribution in [3.8, 4) is 0 Å². The Morgan fingerprint density at radius 1 is 1.24 bits per heavy atom. The van der Waals surface area contributed by atoms with Crippen LogP contribution in [0.1, 0.15) is 24.8 Å². The first kappa shape index (κ1) is 14.9. The van der Waals surface area contributed by atoms with Gasteiger partial charge in [-0.2, -0.15) is 0 Å². The molecule has 0 radical (unpaired) electrons. The first-order valence-corrected chi connectivity index (χ1v) is 8.71. The quantitative estimate of drug-likeness (QED) is 0.859. The van der Waals surface area contributed by atoms with E-state index in [4.69, 9.17) is 4.74 Å². The van der Waals surface area contributed by atoms with Gasteiger partial charge >= 0.3 is 0 Å². The van der Waals surface area contributed by atoms with Gasteiger partial charge < -0.3 is 9.64 Å². The molecule has 0 bridgehead atoms. The summed E-state index contributed by atoms with van der Waals surface area (Å²) in [5, 5.41) is 0.634. The molecule has 1 amide bonds. The van der Waals surface area contributed by atoms with E-state index in [1.54, 1.807) is 0 Å². The average molecular weight is 305 g/mol. The molecule has 4 heteroatoms. The van der Waals surface area contributed by atoms with E-state index in [-0.39, 0.29) is 5.92 Å². The van der Waals surface area contributed by atoms with Gasteiger partial charge in [0.15, 0.2) is 0 Å². The lowest BCUT2D eigenvalue weighted by molar-refractivity contribution is -0.136. The molecule has 1 atom stereocenters. The van der Waals surface area contributed by atoms with Gasteiger partial charge in [0.1, 0.15) is 0 Å². The Kier molecular flexibility index (Phi) is 4.86. The third-order valence-corrected chi connectivity index (χ3v) is 5.94. The first-order valence-electron chi connectivity index (χ1n) is 7.83. The number of rotatable bonds is 3. The molecule has 0 spiro atoms. The van der Waals surface area contributed by atoms with E-state index in [9.17, 15) is 4.79 Å². The van der Waals surface area contributed by atoms with Crippen molar-refractivity contribution >= 4 is 17.7 Å². The SMILES string of the molecule is Cc1ccccc1SC1CCN(C(=O)C2CCOC2)CC1. The molecule has 3 rings (SSSR count). The lowest BCUT2D eigenvalue weighted by Gasteiger charge is -2.33. The van der Waals surface area contributed by atoms with E-state index in [0.29, 0.717) is 17.8 Å². The number of likely N-dealkylation sites (tertiary alicyclic amines) is 1. The van der Waals surface area contributed by atoms with Gasteiger partial charge in [-0.3, -0.25) is 4.79 Å². The highest BCUT2D eigenvalue weighted by Gasteiger charge is 2.30. The molecule has 2 saturated heterocycles. The largest absolute Gasteiger partial charge is 0.381 e. The Hall–Kier alpha value is -1.00. The predicted octanol–water partition coefficient (Wildman–Crippen LogP) is 3.11. The lowest BCUT2D eigenvalue weighted by Crippen LogP contribution is -2.42. The van der Waals surface area contributed by atoms with Gasteiger partial charge in [0.2, 0.25) is 5.91 Å². The van der Waals surface area contributed by atoms with Crippen molar-refractivity contribution in [2.24, 2.45) is 5.92 Å². The maximum Gasteiger partial charge on any atom is 0.228 e. The predicted molar refractivity (Wildman–Crippen MR) is 85.6 cm³/mol. The maximum absolute atomic E-state index is 12.4. The summed E-state index contributed by atoms with van der Waals surface area (Å²) in [6, 6.07) is 8.56. The molecular weight excluding hydrogens is 282 g/mol. The van der Waals surface area contributed by atoms with Crippen molar-refractivity contribution in [1.29, 1.82) is 0 Å². The minimum absolute atomic E-state index is 0.116. The molecule has 114 valence electrons. The minimum atomic E-state index is 0.116. The summed E-state index contributed by atoms with van der Waals surface area (Å²) in [6.07, 6.45) is 3.09. The fourth-order valence-electron chi connectivity index (χ4n) is 3.05. The van der Waals surface area contributed by atoms with Gasteiger partial charge in [0.05, 0.1) is 12.5 Å². The number of aryl methyl sites for hydroxylation is 1. The molecule has 21 heavy (non-hydrogen) atoms. The van der Waals surface area contributed by atoms with Crippen molar-refractivity contribution < 1.29 is 9.53 Å². The van der Waals surface area contributed by atoms with Gasteiger partial charge in [-0.1, -0.05) is 18.2 Å². The summed E-state index contributed by atoms with van der Waals surface area (Å²) in [4.78, 5) is 15.8. The summed E-state index contributed by atoms with van der Waals surface area (Å²) in [6.45, 7) is 5.34. The molecular formula is C17H23NO2S. The number of hydrogen-bond donors (Lipinski definition) is 0. The van der Waals surface area contributed by atoms with Crippen LogP contribution in [0.2, 0.25) is 0 Å². The molecule has 3 nitrogen and oxygen atoms in total. The van der Waals surface area contributed by atoms with E-state index in [1.165, 1.54) is 10.5 Å². The lowest BCUT2D eigenvalue weighted by atomic mass is 10.0. The number of amides is 1. The Balaban J connectivity index is 1.51. The third-order valence-electron chi connectivity index (χ3n) is 4.42. The smallest absolute Gasteiger partial charge is 0.228 e. The van der Waals surface area contributed by atoms with Crippen molar-refractivity contribution in [3.63, 3.8) is 0 Å². The van der Waals surface area contributed by atoms with Crippen LogP contribution in [0, 0.1) is 12.8 Å². The van der Waals surface area contributed by atoms with E-state index < -0.39 is 0 Å². The Morgan fingerprint density at radius 3 is 2.67 bits per heavy atom. The zero-order valence-electron chi connectivity index (χ0n) is 12.6. The summed E-state index contributed by atoms with van der Waals surface area (Å²) in [5.74, 6) is 0.428. The summed E-state index contributed by atoms with van der Waals surface area (Å²) >= 11 is 1.97. The van der Waals surface area contributed by atoms with Crippen LogP contribution in [0.3, 0.4) is 0 Å². The van der Waals surface area contributed by atoms with Crippen LogP contribution in [-0.2, 0) is 9.53 Å². The molecule has 1 aromatic rings. The number of carbonyl (C=O) groups is 1. The van der Waals surface area contributed by atoms with Crippen LogP contribution < -0.4 is 0 Å². The highest BCUT2D eigenvalue weighted by atomic mass is 32.2. The van der Waals surface area contributed by atoms with Crippen molar-refractivity contribution in [3.05, 3.63) is 29.8 Å². The fraction of sp³-hybridized carbons (Fsp3) is 0.588. The van der Waals surface area contributed by atoms with Crippen LogP contribution in [-0.4, -0.2) is 42.4 Å². The Morgan fingerprint density at radius 2 is 2.00 bits per heavy atom. The zero-order valence-corrected chi connectivity index (χ0v) is 13.4. The van der Waals surface area contributed by atoms with Crippen LogP contribution in [0.5, 0.6) is 0 Å². The normalized spacial score (nSPS) is 23.5. The molecule has 1 aromatic carbocycles. The van der Waals surface area contributed by atoms with E-state index in [2.05, 4.69) is 31.2 Å². The van der Waals surface area contributed by atoms with Gasteiger partial charge in [0, 0.05) is 29.8 Å². The minimum Gasteiger partial charge on any atom is -0.381 e. The average Bonchev–Trinajstić information content (AvgIpc) is 3.04. The van der Waals surface area contributed by atoms with Gasteiger partial charge in [-0.15, -0.1) is 11.8 Å². The number of carbonyl (C=O) groups excluding carboxylic acids is 1. The first-order chi connectivity index (χ1) is 10.2. The van der Waals surface area contributed by atoms with E-state index in [1.807, 2.05) is 16.7 Å². The second-order valence-corrected chi connectivity index (χ2v) is 7.31. The molecule has 0 aromatic heterocycles. The van der Waals surface area contributed by atoms with Crippen LogP contribution in [0.15, 0.2) is 29.2 Å². The second kappa shape index (κ2) is 6.84. The molecule has 0 saturated carbocycles. The van der Waals surface area contributed by atoms with Crippen molar-refractivity contribution in [2.75, 3.05) is 26.3 Å². The van der Waals surface area contributed by atoms with Crippen LogP contribution in [0.4, 0.5) is 0 Å². The molecule has 1 unspecified atom stereocenters. The van der Waals surface area contributed by atoms with Gasteiger partial charge in [0.25, 0.3) is 0 Å². The molecule has 0 aliphatic carbocycles. The second-order valence-electron chi connectivity index (χ2n) is 5.97. The third kappa shape index (κ3) is 3.61. The highest BCUT2D eigenvalue weighted by Crippen LogP contribution is 2.32. The molecule has 2 fully saturated rings. The number of benzene rings is 1. The molecule has 2 aliphatic rings.